The molecule has 0 spiro atoms. The van der Waals surface area contributed by atoms with Crippen molar-refractivity contribution in [3.05, 3.63) is 75.8 Å². The molecule has 2 atom stereocenters. The second-order valence-electron chi connectivity index (χ2n) is 11.9. The van der Waals surface area contributed by atoms with Crippen molar-refractivity contribution >= 4 is 44.3 Å². The fourth-order valence-corrected chi connectivity index (χ4v) is 7.41. The molecule has 3 aromatic rings. The Kier molecular flexibility index (Phi) is 12.7. The quantitative estimate of drug-likeness (QED) is 0.198. The first kappa shape index (κ1) is 38.4. The number of carboxylic acids is 2. The van der Waals surface area contributed by atoms with E-state index in [2.05, 4.69) is 29.5 Å². The maximum atomic E-state index is 13.8. The number of aliphatic carboxylic acids is 1. The van der Waals surface area contributed by atoms with E-state index < -0.39 is 34.2 Å². The van der Waals surface area contributed by atoms with E-state index in [-0.39, 0.29) is 47.1 Å². The number of anilines is 1. The molecular formula is C32H39F3N4O7S2. The van der Waals surface area contributed by atoms with Gasteiger partial charge in [0.15, 0.2) is 5.13 Å². The summed E-state index contributed by atoms with van der Waals surface area (Å²) >= 11 is 1.03. The van der Waals surface area contributed by atoms with E-state index in [9.17, 15) is 36.3 Å². The zero-order valence-corrected chi connectivity index (χ0v) is 28.7. The SMILES string of the molecule is Cc1nc(N[C@@H]2CCN(S(=O)(=O)c3ccc(C(C)C)cc3)[C@@H](C(=O)NCc3ccc(C(C)C)cc3)C2)sc1C(=O)O.O=C(O)C(F)(F)F. The molecule has 16 heteroatoms. The number of nitrogens with one attached hydrogen (secondary N) is 2. The summed E-state index contributed by atoms with van der Waals surface area (Å²) in [4.78, 5) is 38.6. The number of hydrogen-bond acceptors (Lipinski definition) is 8. The van der Waals surface area contributed by atoms with Gasteiger partial charge in [-0.3, -0.25) is 4.79 Å². The first-order valence-electron chi connectivity index (χ1n) is 15.1. The van der Waals surface area contributed by atoms with Gasteiger partial charge in [-0.05, 0) is 60.4 Å². The van der Waals surface area contributed by atoms with Gasteiger partial charge in [-0.25, -0.2) is 23.0 Å². The number of halogens is 3. The lowest BCUT2D eigenvalue weighted by Gasteiger charge is -2.37. The highest BCUT2D eigenvalue weighted by Crippen LogP contribution is 2.30. The number of carboxylic acid groups (broad SMARTS) is 2. The van der Waals surface area contributed by atoms with Crippen LogP contribution in [-0.2, 0) is 26.2 Å². The van der Waals surface area contributed by atoms with E-state index in [0.29, 0.717) is 23.2 Å². The zero-order valence-electron chi connectivity index (χ0n) is 27.0. The van der Waals surface area contributed by atoms with Crippen molar-refractivity contribution in [1.82, 2.24) is 14.6 Å². The lowest BCUT2D eigenvalue weighted by atomic mass is 9.98. The second-order valence-corrected chi connectivity index (χ2v) is 14.8. The first-order valence-corrected chi connectivity index (χ1v) is 17.3. The van der Waals surface area contributed by atoms with Crippen LogP contribution in [0.3, 0.4) is 0 Å². The second kappa shape index (κ2) is 15.9. The van der Waals surface area contributed by atoms with Crippen molar-refractivity contribution in [1.29, 1.82) is 0 Å². The summed E-state index contributed by atoms with van der Waals surface area (Å²) in [5, 5.41) is 23.1. The number of thiazole rings is 1. The molecule has 0 bridgehead atoms. The van der Waals surface area contributed by atoms with Gasteiger partial charge in [-0.1, -0.05) is 75.4 Å². The molecule has 48 heavy (non-hydrogen) atoms. The molecule has 2 heterocycles. The summed E-state index contributed by atoms with van der Waals surface area (Å²) in [5.74, 6) is -3.53. The summed E-state index contributed by atoms with van der Waals surface area (Å²) in [6, 6.07) is 13.6. The van der Waals surface area contributed by atoms with E-state index in [1.807, 2.05) is 50.2 Å². The van der Waals surface area contributed by atoms with E-state index in [1.54, 1.807) is 19.1 Å². The normalized spacial score (nSPS) is 17.0. The Morgan fingerprint density at radius 1 is 0.979 bits per heavy atom. The number of alkyl halides is 3. The molecular weight excluding hydrogens is 674 g/mol. The number of nitrogens with zero attached hydrogens (tertiary/aromatic N) is 2. The van der Waals surface area contributed by atoms with Gasteiger partial charge >= 0.3 is 18.1 Å². The average Bonchev–Trinajstić information content (AvgIpc) is 3.39. The average molecular weight is 713 g/mol. The highest BCUT2D eigenvalue weighted by molar-refractivity contribution is 7.89. The topological polar surface area (TPSA) is 166 Å². The Morgan fingerprint density at radius 2 is 1.50 bits per heavy atom. The van der Waals surface area contributed by atoms with Crippen LogP contribution in [0.4, 0.5) is 18.3 Å². The number of sulfonamides is 1. The molecule has 4 rings (SSSR count). The summed E-state index contributed by atoms with van der Waals surface area (Å²) in [5.41, 5.74) is 3.56. The van der Waals surface area contributed by atoms with Crippen LogP contribution < -0.4 is 10.6 Å². The Bertz CT molecular complexity index is 1690. The molecule has 4 N–H and O–H groups in total. The summed E-state index contributed by atoms with van der Waals surface area (Å²) in [6.45, 7) is 10.4. The van der Waals surface area contributed by atoms with E-state index in [4.69, 9.17) is 9.90 Å². The Balaban J connectivity index is 0.000000804. The number of rotatable bonds is 10. The predicted octanol–water partition coefficient (Wildman–Crippen LogP) is 5.98. The Morgan fingerprint density at radius 3 is 1.96 bits per heavy atom. The molecule has 1 aliphatic heterocycles. The number of benzene rings is 2. The molecule has 1 fully saturated rings. The maximum absolute atomic E-state index is 13.8. The van der Waals surface area contributed by atoms with E-state index in [1.165, 1.54) is 9.87 Å². The van der Waals surface area contributed by atoms with E-state index in [0.717, 1.165) is 22.5 Å². The Hall–Kier alpha value is -4.02. The van der Waals surface area contributed by atoms with Gasteiger partial charge < -0.3 is 20.8 Å². The monoisotopic (exact) mass is 712 g/mol. The Labute approximate surface area is 281 Å². The van der Waals surface area contributed by atoms with Gasteiger partial charge in [0, 0.05) is 19.1 Å². The van der Waals surface area contributed by atoms with Crippen molar-refractivity contribution in [2.45, 2.75) is 89.0 Å². The third kappa shape index (κ3) is 10.00. The summed E-state index contributed by atoms with van der Waals surface area (Å²) in [6.07, 6.45) is -4.44. The molecule has 2 aromatic carbocycles. The molecule has 0 unspecified atom stereocenters. The number of piperidine rings is 1. The maximum Gasteiger partial charge on any atom is 0.490 e. The van der Waals surface area contributed by atoms with E-state index >= 15 is 0 Å². The van der Waals surface area contributed by atoms with Crippen molar-refractivity contribution in [2.24, 2.45) is 0 Å². The molecule has 0 saturated carbocycles. The number of hydrogen-bond donors (Lipinski definition) is 4. The molecule has 1 amide bonds. The van der Waals surface area contributed by atoms with Gasteiger partial charge in [0.25, 0.3) is 0 Å². The zero-order chi connectivity index (χ0) is 36.0. The number of aryl methyl sites for hydroxylation is 1. The fraction of sp³-hybridized carbons (Fsp3) is 0.438. The van der Waals surface area contributed by atoms with Gasteiger partial charge in [0.1, 0.15) is 10.9 Å². The van der Waals surface area contributed by atoms with Crippen molar-refractivity contribution in [3.8, 4) is 0 Å². The smallest absolute Gasteiger partial charge is 0.477 e. The van der Waals surface area contributed by atoms with Crippen LogP contribution in [0.25, 0.3) is 0 Å². The van der Waals surface area contributed by atoms with Crippen LogP contribution in [0.2, 0.25) is 0 Å². The molecule has 1 aromatic heterocycles. The minimum atomic E-state index is -5.08. The van der Waals surface area contributed by atoms with Crippen LogP contribution in [0.1, 0.15) is 84.4 Å². The number of carbonyl (C=O) groups excluding carboxylic acids is 1. The minimum absolute atomic E-state index is 0.128. The van der Waals surface area contributed by atoms with Gasteiger partial charge in [0.2, 0.25) is 15.9 Å². The number of carbonyl (C=O) groups is 3. The van der Waals surface area contributed by atoms with Crippen LogP contribution in [0.15, 0.2) is 53.4 Å². The molecule has 0 aliphatic carbocycles. The highest BCUT2D eigenvalue weighted by Gasteiger charge is 2.41. The first-order chi connectivity index (χ1) is 22.3. The predicted molar refractivity (Wildman–Crippen MR) is 175 cm³/mol. The fourth-order valence-electron chi connectivity index (χ4n) is 4.92. The molecule has 1 aliphatic rings. The number of aromatic nitrogens is 1. The molecule has 1 saturated heterocycles. The summed E-state index contributed by atoms with van der Waals surface area (Å²) < 4.78 is 60.6. The molecule has 262 valence electrons. The van der Waals surface area contributed by atoms with Crippen LogP contribution in [0, 0.1) is 6.92 Å². The standard InChI is InChI=1S/C30H38N4O5S2.C2HF3O2/c1-18(2)22-8-6-21(7-9-22)17-31-28(35)26-16-24(33-30-32-20(5)27(40-30)29(36)37)14-15-34(26)41(38,39)25-12-10-23(11-13-25)19(3)4;3-2(4,5)1(6)7/h6-13,18-19,24,26H,14-17H2,1-5H3,(H,31,35)(H,32,33)(H,36,37);(H,6,7)/t24-,26-;/m1./s1. The lowest BCUT2D eigenvalue weighted by molar-refractivity contribution is -0.192. The van der Waals surface area contributed by atoms with Crippen molar-refractivity contribution in [3.63, 3.8) is 0 Å². The third-order valence-electron chi connectivity index (χ3n) is 7.68. The van der Waals surface area contributed by atoms with Crippen LogP contribution in [0.5, 0.6) is 0 Å². The van der Waals surface area contributed by atoms with Crippen molar-refractivity contribution in [2.75, 3.05) is 11.9 Å². The van der Waals surface area contributed by atoms with Gasteiger partial charge in [-0.2, -0.15) is 17.5 Å². The minimum Gasteiger partial charge on any atom is -0.477 e. The third-order valence-corrected chi connectivity index (χ3v) is 10.7. The van der Waals surface area contributed by atoms with Gasteiger partial charge in [0.05, 0.1) is 10.6 Å². The molecule has 0 radical (unpaired) electrons. The van der Waals surface area contributed by atoms with Crippen LogP contribution >= 0.6 is 11.3 Å². The lowest BCUT2D eigenvalue weighted by Crippen LogP contribution is -2.55. The molecule has 11 nitrogen and oxygen atoms in total. The van der Waals surface area contributed by atoms with Crippen LogP contribution in [-0.4, -0.2) is 70.6 Å². The summed E-state index contributed by atoms with van der Waals surface area (Å²) in [7, 11) is -3.95. The van der Waals surface area contributed by atoms with Crippen molar-refractivity contribution < 1.29 is 46.2 Å². The van der Waals surface area contributed by atoms with Gasteiger partial charge in [-0.15, -0.1) is 0 Å². The number of aromatic carboxylic acids is 1. The largest absolute Gasteiger partial charge is 0.490 e. The highest BCUT2D eigenvalue weighted by atomic mass is 32.2. The number of amides is 1.